The summed E-state index contributed by atoms with van der Waals surface area (Å²) in [6.07, 6.45) is 0. The monoisotopic (exact) mass is 384 g/mol. The summed E-state index contributed by atoms with van der Waals surface area (Å²) in [5, 5.41) is 13.9. The molecule has 8 heteroatoms. The van der Waals surface area contributed by atoms with Gasteiger partial charge in [-0.1, -0.05) is 18.2 Å². The summed E-state index contributed by atoms with van der Waals surface area (Å²) in [6, 6.07) is 14.5. The Balaban J connectivity index is 1.46. The number of nitro benzene ring substituents is 1. The van der Waals surface area contributed by atoms with Crippen molar-refractivity contribution < 1.29 is 14.5 Å². The van der Waals surface area contributed by atoms with E-state index in [1.807, 2.05) is 18.2 Å². The molecule has 2 aromatic rings. The van der Waals surface area contributed by atoms with Crippen molar-refractivity contribution in [2.45, 2.75) is 0 Å². The number of piperazine rings is 1. The average Bonchev–Trinajstić information content (AvgIpc) is 2.74. The lowest BCUT2D eigenvalue weighted by Gasteiger charge is -2.36. The van der Waals surface area contributed by atoms with Crippen LogP contribution in [-0.2, 0) is 0 Å². The molecular formula is C20H24N4O4. The van der Waals surface area contributed by atoms with Gasteiger partial charge in [-0.2, -0.15) is 0 Å². The van der Waals surface area contributed by atoms with E-state index in [0.29, 0.717) is 6.54 Å². The van der Waals surface area contributed by atoms with E-state index in [9.17, 15) is 14.9 Å². The minimum atomic E-state index is -0.554. The van der Waals surface area contributed by atoms with Gasteiger partial charge in [-0.05, 0) is 24.3 Å². The Bertz CT molecular complexity index is 820. The molecule has 148 valence electrons. The summed E-state index contributed by atoms with van der Waals surface area (Å²) < 4.78 is 4.96. The molecular weight excluding hydrogens is 360 g/mol. The van der Waals surface area contributed by atoms with Gasteiger partial charge in [0.25, 0.3) is 5.91 Å². The standard InChI is InChI=1S/C20H24N4O4/c1-28-19-8-7-16(15-18(19)24(26)27)20(25)21-9-10-22-11-13-23(14-12-22)17-5-3-2-4-6-17/h2-8,15H,9-14H2,1H3,(H,21,25). The zero-order chi connectivity index (χ0) is 19.9. The molecule has 0 unspecified atom stereocenters. The number of benzene rings is 2. The molecule has 0 aromatic heterocycles. The fourth-order valence-electron chi connectivity index (χ4n) is 3.27. The Morgan fingerprint density at radius 2 is 1.86 bits per heavy atom. The Hall–Kier alpha value is -3.13. The third-order valence-corrected chi connectivity index (χ3v) is 4.84. The van der Waals surface area contributed by atoms with Crippen LogP contribution in [0.5, 0.6) is 5.75 Å². The minimum absolute atomic E-state index is 0.137. The molecule has 8 nitrogen and oxygen atoms in total. The van der Waals surface area contributed by atoms with Gasteiger partial charge in [-0.15, -0.1) is 0 Å². The summed E-state index contributed by atoms with van der Waals surface area (Å²) >= 11 is 0. The predicted octanol–water partition coefficient (Wildman–Crippen LogP) is 2.16. The highest BCUT2D eigenvalue weighted by atomic mass is 16.6. The van der Waals surface area contributed by atoms with Crippen molar-refractivity contribution in [3.05, 3.63) is 64.2 Å². The molecule has 0 spiro atoms. The molecule has 0 aliphatic carbocycles. The van der Waals surface area contributed by atoms with Crippen LogP contribution < -0.4 is 15.0 Å². The zero-order valence-corrected chi connectivity index (χ0v) is 15.8. The molecule has 1 heterocycles. The molecule has 3 rings (SSSR count). The molecule has 0 saturated carbocycles. The van der Waals surface area contributed by atoms with Crippen LogP contribution in [0.3, 0.4) is 0 Å². The lowest BCUT2D eigenvalue weighted by Crippen LogP contribution is -2.48. The van der Waals surface area contributed by atoms with Crippen molar-refractivity contribution in [1.82, 2.24) is 10.2 Å². The first-order chi connectivity index (χ1) is 13.6. The number of anilines is 1. The number of rotatable bonds is 7. The van der Waals surface area contributed by atoms with Crippen LogP contribution >= 0.6 is 0 Å². The first-order valence-electron chi connectivity index (χ1n) is 9.21. The fraction of sp³-hybridized carbons (Fsp3) is 0.350. The first kappa shape index (κ1) is 19.6. The second kappa shape index (κ2) is 9.18. The van der Waals surface area contributed by atoms with Gasteiger partial charge >= 0.3 is 5.69 Å². The van der Waals surface area contributed by atoms with Gasteiger partial charge in [0.1, 0.15) is 0 Å². The van der Waals surface area contributed by atoms with Crippen molar-refractivity contribution in [3.8, 4) is 5.75 Å². The number of carbonyl (C=O) groups is 1. The summed E-state index contributed by atoms with van der Waals surface area (Å²) in [6.45, 7) is 4.99. The van der Waals surface area contributed by atoms with E-state index < -0.39 is 4.92 Å². The van der Waals surface area contributed by atoms with Gasteiger partial charge in [0.05, 0.1) is 12.0 Å². The van der Waals surface area contributed by atoms with Crippen molar-refractivity contribution in [2.24, 2.45) is 0 Å². The van der Waals surface area contributed by atoms with Crippen LogP contribution in [-0.4, -0.2) is 62.1 Å². The maximum atomic E-state index is 12.3. The largest absolute Gasteiger partial charge is 0.490 e. The van der Waals surface area contributed by atoms with Gasteiger partial charge < -0.3 is 15.0 Å². The van der Waals surface area contributed by atoms with Crippen LogP contribution in [0, 0.1) is 10.1 Å². The number of ether oxygens (including phenoxy) is 1. The van der Waals surface area contributed by atoms with E-state index in [4.69, 9.17) is 4.74 Å². The Morgan fingerprint density at radius 1 is 1.14 bits per heavy atom. The lowest BCUT2D eigenvalue weighted by molar-refractivity contribution is -0.385. The van der Waals surface area contributed by atoms with Crippen LogP contribution in [0.15, 0.2) is 48.5 Å². The fourth-order valence-corrected chi connectivity index (χ4v) is 3.27. The molecule has 1 aliphatic rings. The normalized spacial score (nSPS) is 14.5. The molecule has 1 aliphatic heterocycles. The Labute approximate surface area is 163 Å². The lowest BCUT2D eigenvalue weighted by atomic mass is 10.1. The second-order valence-corrected chi connectivity index (χ2v) is 6.56. The van der Waals surface area contributed by atoms with Gasteiger partial charge in [0.2, 0.25) is 0 Å². The van der Waals surface area contributed by atoms with Crippen molar-refractivity contribution in [1.29, 1.82) is 0 Å². The van der Waals surface area contributed by atoms with Gasteiger partial charge in [-0.3, -0.25) is 19.8 Å². The predicted molar refractivity (Wildman–Crippen MR) is 107 cm³/mol. The van der Waals surface area contributed by atoms with Gasteiger partial charge in [0.15, 0.2) is 5.75 Å². The molecule has 1 fully saturated rings. The molecule has 2 aromatic carbocycles. The number of hydrogen-bond donors (Lipinski definition) is 1. The quantitative estimate of drug-likeness (QED) is 0.581. The number of carbonyl (C=O) groups excluding carboxylic acids is 1. The van der Waals surface area contributed by atoms with E-state index in [2.05, 4.69) is 27.2 Å². The molecule has 0 radical (unpaired) electrons. The number of amides is 1. The molecule has 0 atom stereocenters. The average molecular weight is 384 g/mol. The topological polar surface area (TPSA) is 88.0 Å². The Kier molecular flexibility index (Phi) is 6.44. The molecule has 28 heavy (non-hydrogen) atoms. The van der Waals surface area contributed by atoms with Crippen molar-refractivity contribution in [2.75, 3.05) is 51.3 Å². The molecule has 1 amide bonds. The second-order valence-electron chi connectivity index (χ2n) is 6.56. The highest BCUT2D eigenvalue weighted by Gasteiger charge is 2.19. The number of nitrogens with one attached hydrogen (secondary N) is 1. The third kappa shape index (κ3) is 4.77. The zero-order valence-electron chi connectivity index (χ0n) is 15.8. The van der Waals surface area contributed by atoms with Gasteiger partial charge in [-0.25, -0.2) is 0 Å². The van der Waals surface area contributed by atoms with Crippen LogP contribution in [0.4, 0.5) is 11.4 Å². The smallest absolute Gasteiger partial charge is 0.311 e. The van der Waals surface area contributed by atoms with Crippen molar-refractivity contribution >= 4 is 17.3 Å². The minimum Gasteiger partial charge on any atom is -0.490 e. The van der Waals surface area contributed by atoms with E-state index in [1.54, 1.807) is 0 Å². The summed E-state index contributed by atoms with van der Waals surface area (Å²) in [7, 11) is 1.36. The highest BCUT2D eigenvalue weighted by Crippen LogP contribution is 2.27. The molecule has 1 saturated heterocycles. The SMILES string of the molecule is COc1ccc(C(=O)NCCN2CCN(c3ccccc3)CC2)cc1[N+](=O)[O-]. The van der Waals surface area contributed by atoms with E-state index >= 15 is 0 Å². The maximum Gasteiger partial charge on any atom is 0.311 e. The summed E-state index contributed by atoms with van der Waals surface area (Å²) in [4.78, 5) is 27.5. The third-order valence-electron chi connectivity index (χ3n) is 4.84. The Morgan fingerprint density at radius 3 is 2.50 bits per heavy atom. The highest BCUT2D eigenvalue weighted by molar-refractivity contribution is 5.95. The summed E-state index contributed by atoms with van der Waals surface area (Å²) in [5.41, 5.74) is 1.27. The number of nitrogens with zero attached hydrogens (tertiary/aromatic N) is 3. The number of hydrogen-bond acceptors (Lipinski definition) is 6. The number of para-hydroxylation sites is 1. The first-order valence-corrected chi connectivity index (χ1v) is 9.21. The van der Waals surface area contributed by atoms with E-state index in [1.165, 1.54) is 31.0 Å². The summed E-state index contributed by atoms with van der Waals surface area (Å²) in [5.74, 6) is -0.188. The van der Waals surface area contributed by atoms with E-state index in [0.717, 1.165) is 32.7 Å². The van der Waals surface area contributed by atoms with E-state index in [-0.39, 0.29) is 22.9 Å². The van der Waals surface area contributed by atoms with Crippen molar-refractivity contribution in [3.63, 3.8) is 0 Å². The maximum absolute atomic E-state index is 12.3. The van der Waals surface area contributed by atoms with Gasteiger partial charge in [0, 0.05) is 56.6 Å². The molecule has 0 bridgehead atoms. The van der Waals surface area contributed by atoms with Crippen LogP contribution in [0.1, 0.15) is 10.4 Å². The van der Waals surface area contributed by atoms with Crippen LogP contribution in [0.2, 0.25) is 0 Å². The van der Waals surface area contributed by atoms with Crippen LogP contribution in [0.25, 0.3) is 0 Å². The number of methoxy groups -OCH3 is 1. The number of nitro groups is 1. The molecule has 1 N–H and O–H groups in total.